The lowest BCUT2D eigenvalue weighted by Gasteiger charge is -2.32. The smallest absolute Gasteiger partial charge is 0.230 e. The molecule has 0 aliphatic heterocycles. The average Bonchev–Trinajstić information content (AvgIpc) is 2.33. The molecule has 1 aromatic rings. The van der Waals surface area contributed by atoms with E-state index in [1.807, 2.05) is 19.1 Å². The highest BCUT2D eigenvalue weighted by Crippen LogP contribution is 2.36. The zero-order valence-corrected chi connectivity index (χ0v) is 12.5. The highest BCUT2D eigenvalue weighted by molar-refractivity contribution is 9.10. The van der Waals surface area contributed by atoms with Crippen molar-refractivity contribution >= 4 is 27.5 Å². The molecule has 0 spiro atoms. The molecule has 1 aliphatic carbocycles. The van der Waals surface area contributed by atoms with E-state index >= 15 is 0 Å². The summed E-state index contributed by atoms with van der Waals surface area (Å²) in [6.45, 7) is 3.98. The van der Waals surface area contributed by atoms with Crippen LogP contribution in [0.2, 0.25) is 0 Å². The van der Waals surface area contributed by atoms with E-state index in [4.69, 9.17) is 0 Å². The van der Waals surface area contributed by atoms with Crippen molar-refractivity contribution in [3.05, 3.63) is 22.4 Å². The van der Waals surface area contributed by atoms with Gasteiger partial charge in [-0.1, -0.05) is 26.2 Å². The SMILES string of the molecule is Cc1nc(Br)ccc1NC(=O)C1(C)CCCCC1. The number of anilines is 1. The molecule has 1 N–H and O–H groups in total. The maximum Gasteiger partial charge on any atom is 0.230 e. The van der Waals surface area contributed by atoms with E-state index < -0.39 is 0 Å². The first-order chi connectivity index (χ1) is 8.51. The van der Waals surface area contributed by atoms with Gasteiger partial charge in [-0.2, -0.15) is 0 Å². The number of carbonyl (C=O) groups is 1. The summed E-state index contributed by atoms with van der Waals surface area (Å²) >= 11 is 3.33. The predicted octanol–water partition coefficient (Wildman–Crippen LogP) is 4.06. The Morgan fingerprint density at radius 1 is 1.33 bits per heavy atom. The van der Waals surface area contributed by atoms with E-state index in [2.05, 4.69) is 33.2 Å². The number of nitrogens with zero attached hydrogens (tertiary/aromatic N) is 1. The fourth-order valence-electron chi connectivity index (χ4n) is 2.49. The molecule has 98 valence electrons. The fraction of sp³-hybridized carbons (Fsp3) is 0.571. The second-order valence-corrected chi connectivity index (χ2v) is 6.15. The van der Waals surface area contributed by atoms with Gasteiger partial charge in [0, 0.05) is 5.41 Å². The number of carbonyl (C=O) groups excluding carboxylic acids is 1. The van der Waals surface area contributed by atoms with Gasteiger partial charge in [0.25, 0.3) is 0 Å². The number of aryl methyl sites for hydroxylation is 1. The highest BCUT2D eigenvalue weighted by Gasteiger charge is 2.34. The molecule has 1 fully saturated rings. The molecule has 1 saturated carbocycles. The lowest BCUT2D eigenvalue weighted by molar-refractivity contribution is -0.126. The largest absolute Gasteiger partial charge is 0.324 e. The number of halogens is 1. The van der Waals surface area contributed by atoms with Crippen LogP contribution in [0.4, 0.5) is 5.69 Å². The van der Waals surface area contributed by atoms with Crippen molar-refractivity contribution in [1.29, 1.82) is 0 Å². The topological polar surface area (TPSA) is 42.0 Å². The number of pyridine rings is 1. The number of rotatable bonds is 2. The van der Waals surface area contributed by atoms with E-state index in [0.717, 1.165) is 41.7 Å². The summed E-state index contributed by atoms with van der Waals surface area (Å²) in [4.78, 5) is 16.7. The third-order valence-corrected chi connectivity index (χ3v) is 4.25. The molecular weight excluding hydrogens is 292 g/mol. The first-order valence-corrected chi connectivity index (χ1v) is 7.25. The minimum Gasteiger partial charge on any atom is -0.324 e. The third-order valence-electron chi connectivity index (χ3n) is 3.81. The van der Waals surface area contributed by atoms with Crippen molar-refractivity contribution in [1.82, 2.24) is 4.98 Å². The second kappa shape index (κ2) is 5.39. The zero-order chi connectivity index (χ0) is 13.2. The molecule has 1 aromatic heterocycles. The molecule has 0 saturated heterocycles. The Morgan fingerprint density at radius 2 is 2.00 bits per heavy atom. The van der Waals surface area contributed by atoms with Crippen LogP contribution in [0.15, 0.2) is 16.7 Å². The summed E-state index contributed by atoms with van der Waals surface area (Å²) in [5.74, 6) is 0.134. The molecule has 0 atom stereocenters. The molecule has 18 heavy (non-hydrogen) atoms. The lowest BCUT2D eigenvalue weighted by atomic mass is 9.75. The van der Waals surface area contributed by atoms with Crippen molar-refractivity contribution in [2.45, 2.75) is 46.0 Å². The Kier molecular flexibility index (Phi) is 4.05. The van der Waals surface area contributed by atoms with Crippen molar-refractivity contribution in [2.24, 2.45) is 5.41 Å². The molecule has 3 nitrogen and oxygen atoms in total. The van der Waals surface area contributed by atoms with Gasteiger partial charge in [-0.05, 0) is 47.8 Å². The Bertz CT molecular complexity index is 453. The molecule has 2 rings (SSSR count). The van der Waals surface area contributed by atoms with Crippen molar-refractivity contribution in [3.8, 4) is 0 Å². The maximum absolute atomic E-state index is 12.4. The summed E-state index contributed by atoms with van der Waals surface area (Å²) < 4.78 is 0.793. The van der Waals surface area contributed by atoms with Crippen LogP contribution in [-0.4, -0.2) is 10.9 Å². The minimum atomic E-state index is -0.211. The monoisotopic (exact) mass is 310 g/mol. The van der Waals surface area contributed by atoms with Crippen molar-refractivity contribution in [3.63, 3.8) is 0 Å². The predicted molar refractivity (Wildman–Crippen MR) is 76.5 cm³/mol. The summed E-state index contributed by atoms with van der Waals surface area (Å²) in [6.07, 6.45) is 5.54. The first-order valence-electron chi connectivity index (χ1n) is 6.46. The standard InChI is InChI=1S/C14H19BrN2O/c1-10-11(6-7-12(15)16-10)17-13(18)14(2)8-4-3-5-9-14/h6-7H,3-5,8-9H2,1-2H3,(H,17,18). The van der Waals surface area contributed by atoms with Crippen LogP contribution in [0.1, 0.15) is 44.7 Å². The van der Waals surface area contributed by atoms with Gasteiger partial charge < -0.3 is 5.32 Å². The van der Waals surface area contributed by atoms with Crippen LogP contribution in [0, 0.1) is 12.3 Å². The second-order valence-electron chi connectivity index (χ2n) is 5.34. The Labute approximate surface area is 117 Å². The summed E-state index contributed by atoms with van der Waals surface area (Å²) in [7, 11) is 0. The van der Waals surface area contributed by atoms with Crippen LogP contribution >= 0.6 is 15.9 Å². The van der Waals surface area contributed by atoms with Gasteiger partial charge >= 0.3 is 0 Å². The summed E-state index contributed by atoms with van der Waals surface area (Å²) in [5.41, 5.74) is 1.45. The Hall–Kier alpha value is -0.900. The number of hydrogen-bond acceptors (Lipinski definition) is 2. The number of aromatic nitrogens is 1. The fourth-order valence-corrected chi connectivity index (χ4v) is 2.89. The van der Waals surface area contributed by atoms with Gasteiger partial charge in [0.2, 0.25) is 5.91 Å². The van der Waals surface area contributed by atoms with Gasteiger partial charge in [0.15, 0.2) is 0 Å². The van der Waals surface area contributed by atoms with E-state index in [0.29, 0.717) is 0 Å². The van der Waals surface area contributed by atoms with Gasteiger partial charge in [0.1, 0.15) is 4.60 Å². The Morgan fingerprint density at radius 3 is 2.61 bits per heavy atom. The van der Waals surface area contributed by atoms with Crippen LogP contribution in [0.25, 0.3) is 0 Å². The van der Waals surface area contributed by atoms with Crippen LogP contribution in [0.5, 0.6) is 0 Å². The van der Waals surface area contributed by atoms with Crippen LogP contribution in [0.3, 0.4) is 0 Å². The molecular formula is C14H19BrN2O. The summed E-state index contributed by atoms with van der Waals surface area (Å²) in [5, 5.41) is 3.03. The van der Waals surface area contributed by atoms with Gasteiger partial charge in [0.05, 0.1) is 11.4 Å². The molecule has 4 heteroatoms. The molecule has 1 amide bonds. The number of hydrogen-bond donors (Lipinski definition) is 1. The maximum atomic E-state index is 12.4. The normalized spacial score (nSPS) is 18.4. The van der Waals surface area contributed by atoms with E-state index in [1.54, 1.807) is 0 Å². The summed E-state index contributed by atoms with van der Waals surface area (Å²) in [6, 6.07) is 3.75. The minimum absolute atomic E-state index is 0.134. The van der Waals surface area contributed by atoms with Gasteiger partial charge in [-0.15, -0.1) is 0 Å². The van der Waals surface area contributed by atoms with E-state index in [9.17, 15) is 4.79 Å². The molecule has 1 heterocycles. The quantitative estimate of drug-likeness (QED) is 0.837. The molecule has 0 bridgehead atoms. The molecule has 0 radical (unpaired) electrons. The molecule has 1 aliphatic rings. The zero-order valence-electron chi connectivity index (χ0n) is 10.9. The van der Waals surface area contributed by atoms with Crippen LogP contribution < -0.4 is 5.32 Å². The van der Waals surface area contributed by atoms with Gasteiger partial charge in [-0.25, -0.2) is 4.98 Å². The third kappa shape index (κ3) is 2.91. The number of amides is 1. The Balaban J connectivity index is 2.11. The van der Waals surface area contributed by atoms with Crippen molar-refractivity contribution < 1.29 is 4.79 Å². The molecule has 0 unspecified atom stereocenters. The molecule has 0 aromatic carbocycles. The van der Waals surface area contributed by atoms with Gasteiger partial charge in [-0.3, -0.25) is 4.79 Å². The average molecular weight is 311 g/mol. The first kappa shape index (κ1) is 13.5. The van der Waals surface area contributed by atoms with E-state index in [1.165, 1.54) is 6.42 Å². The highest BCUT2D eigenvalue weighted by atomic mass is 79.9. The number of nitrogens with one attached hydrogen (secondary N) is 1. The van der Waals surface area contributed by atoms with Crippen LogP contribution in [-0.2, 0) is 4.79 Å². The van der Waals surface area contributed by atoms with Crippen molar-refractivity contribution in [2.75, 3.05) is 5.32 Å². The van der Waals surface area contributed by atoms with E-state index in [-0.39, 0.29) is 11.3 Å². The lowest BCUT2D eigenvalue weighted by Crippen LogP contribution is -2.35.